The van der Waals surface area contributed by atoms with Gasteiger partial charge in [-0.25, -0.2) is 14.3 Å². The summed E-state index contributed by atoms with van der Waals surface area (Å²) >= 11 is 0. The number of nitrogens with zero attached hydrogens (tertiary/aromatic N) is 5. The molecule has 2 aromatic heterocycles. The highest BCUT2D eigenvalue weighted by atomic mass is 16.3. The summed E-state index contributed by atoms with van der Waals surface area (Å²) < 4.78 is 4.34. The molecule has 0 aliphatic carbocycles. The van der Waals surface area contributed by atoms with Crippen LogP contribution in [-0.4, -0.2) is 47.2 Å². The zero-order valence-corrected chi connectivity index (χ0v) is 23.7. The number of unbranched alkanes of at least 4 members (excludes halogenated alkanes) is 10. The van der Waals surface area contributed by atoms with Crippen LogP contribution in [0.1, 0.15) is 117 Å². The Morgan fingerprint density at radius 3 is 2.11 bits per heavy atom. The van der Waals surface area contributed by atoms with E-state index in [1.54, 1.807) is 29.9 Å². The Kier molecular flexibility index (Phi) is 13.1. The van der Waals surface area contributed by atoms with Gasteiger partial charge in [-0.2, -0.15) is 0 Å². The van der Waals surface area contributed by atoms with E-state index in [4.69, 9.17) is 0 Å². The number of fused-ring (bicyclic) bond motifs is 1. The van der Waals surface area contributed by atoms with Crippen molar-refractivity contribution in [3.63, 3.8) is 0 Å². The molecular formula is C28H49N5O4. The van der Waals surface area contributed by atoms with Crippen LogP contribution >= 0.6 is 0 Å². The van der Waals surface area contributed by atoms with Crippen LogP contribution in [0.25, 0.3) is 11.2 Å². The second-order valence-corrected chi connectivity index (χ2v) is 10.6. The van der Waals surface area contributed by atoms with Crippen LogP contribution in [0, 0.1) is 0 Å². The van der Waals surface area contributed by atoms with Crippen LogP contribution in [-0.2, 0) is 18.9 Å². The SMILES string of the molecule is CCCCCCCCN(C(C)=O)C(CCCCCCCCC(C)O)n1c(=O)c2c(ncn2C)n(C)c1=O. The van der Waals surface area contributed by atoms with Crippen LogP contribution in [0.15, 0.2) is 15.9 Å². The van der Waals surface area contributed by atoms with Gasteiger partial charge in [-0.15, -0.1) is 0 Å². The van der Waals surface area contributed by atoms with E-state index in [9.17, 15) is 19.5 Å². The fourth-order valence-corrected chi connectivity index (χ4v) is 5.10. The molecule has 2 atom stereocenters. The van der Waals surface area contributed by atoms with Gasteiger partial charge in [-0.3, -0.25) is 14.2 Å². The summed E-state index contributed by atoms with van der Waals surface area (Å²) in [6.45, 7) is 6.07. The van der Waals surface area contributed by atoms with Gasteiger partial charge < -0.3 is 14.6 Å². The normalized spacial score (nSPS) is 13.2. The molecule has 2 aromatic rings. The van der Waals surface area contributed by atoms with Gasteiger partial charge in [0.15, 0.2) is 11.2 Å². The largest absolute Gasteiger partial charge is 0.393 e. The number of aromatic nitrogens is 4. The van der Waals surface area contributed by atoms with Crippen molar-refractivity contribution in [1.29, 1.82) is 0 Å². The van der Waals surface area contributed by atoms with Gasteiger partial charge in [0.25, 0.3) is 5.56 Å². The van der Waals surface area contributed by atoms with Crippen LogP contribution in [0.3, 0.4) is 0 Å². The summed E-state index contributed by atoms with van der Waals surface area (Å²) in [6, 6.07) is 0. The summed E-state index contributed by atoms with van der Waals surface area (Å²) in [4.78, 5) is 45.8. The highest BCUT2D eigenvalue weighted by Gasteiger charge is 2.27. The number of aliphatic hydroxyl groups excluding tert-OH is 1. The van der Waals surface area contributed by atoms with E-state index in [0.717, 1.165) is 64.2 Å². The molecule has 0 aromatic carbocycles. The van der Waals surface area contributed by atoms with E-state index in [1.807, 2.05) is 6.92 Å². The van der Waals surface area contributed by atoms with Crippen molar-refractivity contribution in [3.05, 3.63) is 27.2 Å². The lowest BCUT2D eigenvalue weighted by atomic mass is 10.1. The van der Waals surface area contributed by atoms with Gasteiger partial charge >= 0.3 is 5.69 Å². The van der Waals surface area contributed by atoms with E-state index in [1.165, 1.54) is 35.3 Å². The minimum Gasteiger partial charge on any atom is -0.393 e. The average Bonchev–Trinajstić information content (AvgIpc) is 3.24. The highest BCUT2D eigenvalue weighted by molar-refractivity contribution is 5.73. The molecule has 0 fully saturated rings. The highest BCUT2D eigenvalue weighted by Crippen LogP contribution is 2.22. The zero-order valence-electron chi connectivity index (χ0n) is 23.7. The Morgan fingerprint density at radius 1 is 0.946 bits per heavy atom. The first kappa shape index (κ1) is 30.8. The predicted octanol–water partition coefficient (Wildman–Crippen LogP) is 4.64. The second-order valence-electron chi connectivity index (χ2n) is 10.6. The fraction of sp³-hybridized carbons (Fsp3) is 0.786. The molecule has 37 heavy (non-hydrogen) atoms. The smallest absolute Gasteiger partial charge is 0.334 e. The van der Waals surface area contributed by atoms with Crippen molar-refractivity contribution in [3.8, 4) is 0 Å². The van der Waals surface area contributed by atoms with E-state index in [-0.39, 0.29) is 12.0 Å². The molecule has 2 heterocycles. The lowest BCUT2D eigenvalue weighted by Crippen LogP contribution is -2.49. The molecular weight excluding hydrogens is 470 g/mol. The number of aryl methyl sites for hydroxylation is 2. The topological polar surface area (TPSA) is 102 Å². The Balaban J connectivity index is 2.23. The van der Waals surface area contributed by atoms with Crippen LogP contribution < -0.4 is 11.2 Å². The Bertz CT molecular complexity index is 1080. The van der Waals surface area contributed by atoms with E-state index in [2.05, 4.69) is 11.9 Å². The molecule has 2 rings (SSSR count). The van der Waals surface area contributed by atoms with Crippen LogP contribution in [0.4, 0.5) is 0 Å². The van der Waals surface area contributed by atoms with Crippen LogP contribution in [0.5, 0.6) is 0 Å². The van der Waals surface area contributed by atoms with Gasteiger partial charge in [-0.05, 0) is 32.6 Å². The Hall–Kier alpha value is -2.42. The van der Waals surface area contributed by atoms with E-state index in [0.29, 0.717) is 24.1 Å². The predicted molar refractivity (Wildman–Crippen MR) is 149 cm³/mol. The molecule has 0 radical (unpaired) electrons. The molecule has 210 valence electrons. The molecule has 9 nitrogen and oxygen atoms in total. The maximum atomic E-state index is 13.6. The first-order valence-corrected chi connectivity index (χ1v) is 14.3. The number of rotatable bonds is 18. The van der Waals surface area contributed by atoms with Gasteiger partial charge in [0, 0.05) is 27.6 Å². The summed E-state index contributed by atoms with van der Waals surface area (Å²) in [6.07, 6.45) is 14.7. The lowest BCUT2D eigenvalue weighted by molar-refractivity contribution is -0.133. The molecule has 0 spiro atoms. The maximum absolute atomic E-state index is 13.6. The minimum absolute atomic E-state index is 0.115. The number of carbonyl (C=O) groups is 1. The standard InChI is InChI=1S/C28H49N5O4/c1-6-7-8-9-14-17-20-32(23(3)35)24(19-16-13-11-10-12-15-18-22(2)34)33-27(36)25-26(29-21-30(25)4)31(5)28(33)37/h21-22,24,34H,6-20H2,1-5H3. The third-order valence-electron chi connectivity index (χ3n) is 7.30. The summed E-state index contributed by atoms with van der Waals surface area (Å²) in [7, 11) is 3.38. The molecule has 0 aliphatic rings. The van der Waals surface area contributed by atoms with Crippen molar-refractivity contribution in [2.45, 2.75) is 123 Å². The number of amides is 1. The van der Waals surface area contributed by atoms with Crippen molar-refractivity contribution in [2.75, 3.05) is 6.54 Å². The van der Waals surface area contributed by atoms with Crippen molar-refractivity contribution >= 4 is 17.1 Å². The van der Waals surface area contributed by atoms with Gasteiger partial charge in [0.05, 0.1) is 12.4 Å². The Labute approximate surface area is 221 Å². The third kappa shape index (κ3) is 8.83. The number of carbonyl (C=O) groups excluding carboxylic acids is 1. The fourth-order valence-electron chi connectivity index (χ4n) is 5.10. The van der Waals surface area contributed by atoms with E-state index >= 15 is 0 Å². The molecule has 1 amide bonds. The molecule has 0 saturated heterocycles. The molecule has 1 N–H and O–H groups in total. The van der Waals surface area contributed by atoms with Crippen LogP contribution in [0.2, 0.25) is 0 Å². The number of hydrogen-bond donors (Lipinski definition) is 1. The van der Waals surface area contributed by atoms with Gasteiger partial charge in [-0.1, -0.05) is 71.1 Å². The Morgan fingerprint density at radius 2 is 1.51 bits per heavy atom. The van der Waals surface area contributed by atoms with Gasteiger partial charge in [0.1, 0.15) is 6.17 Å². The maximum Gasteiger partial charge on any atom is 0.334 e. The minimum atomic E-state index is -0.617. The van der Waals surface area contributed by atoms with E-state index < -0.39 is 17.4 Å². The second kappa shape index (κ2) is 15.7. The first-order chi connectivity index (χ1) is 17.7. The molecule has 0 aliphatic heterocycles. The molecule has 0 bridgehead atoms. The number of imidazole rings is 1. The number of hydrogen-bond acceptors (Lipinski definition) is 5. The van der Waals surface area contributed by atoms with Crippen molar-refractivity contribution < 1.29 is 9.90 Å². The van der Waals surface area contributed by atoms with Gasteiger partial charge in [0.2, 0.25) is 5.91 Å². The molecule has 0 saturated carbocycles. The monoisotopic (exact) mass is 519 g/mol. The average molecular weight is 520 g/mol. The zero-order chi connectivity index (χ0) is 27.4. The lowest BCUT2D eigenvalue weighted by Gasteiger charge is -2.32. The summed E-state index contributed by atoms with van der Waals surface area (Å²) in [5.74, 6) is -0.115. The van der Waals surface area contributed by atoms with Crippen molar-refractivity contribution in [1.82, 2.24) is 23.6 Å². The quantitative estimate of drug-likeness (QED) is 0.289. The summed E-state index contributed by atoms with van der Waals surface area (Å²) in [5.41, 5.74) is -0.104. The molecule has 2 unspecified atom stereocenters. The molecule has 9 heteroatoms. The first-order valence-electron chi connectivity index (χ1n) is 14.3. The number of aliphatic hydroxyl groups is 1. The summed E-state index contributed by atoms with van der Waals surface area (Å²) in [5, 5.41) is 9.42. The van der Waals surface area contributed by atoms with Crippen molar-refractivity contribution in [2.24, 2.45) is 14.1 Å². The third-order valence-corrected chi connectivity index (χ3v) is 7.30.